The zero-order valence-electron chi connectivity index (χ0n) is 16.2. The molecule has 0 aliphatic carbocycles. The summed E-state index contributed by atoms with van der Waals surface area (Å²) in [6.07, 6.45) is 3.30. The molecule has 1 N–H and O–H groups in total. The van der Waals surface area contributed by atoms with Crippen LogP contribution in [-0.2, 0) is 11.2 Å². The number of piperidine rings is 1. The minimum absolute atomic E-state index is 0.0108. The highest BCUT2D eigenvalue weighted by Crippen LogP contribution is 2.31. The van der Waals surface area contributed by atoms with Crippen molar-refractivity contribution in [1.29, 1.82) is 0 Å². The number of aromatic nitrogens is 1. The fourth-order valence-electron chi connectivity index (χ4n) is 4.74. The fraction of sp³-hybridized carbons (Fsp3) is 0.391. The number of carbonyl (C=O) groups is 1. The number of hydrogen-bond acceptors (Lipinski definition) is 3. The molecule has 1 aromatic heterocycles. The summed E-state index contributed by atoms with van der Waals surface area (Å²) in [6, 6.07) is 16.7. The zero-order chi connectivity index (χ0) is 19.1. The third-order valence-corrected chi connectivity index (χ3v) is 7.55. The van der Waals surface area contributed by atoms with Crippen LogP contribution in [0.5, 0.6) is 0 Å². The number of likely N-dealkylation sites (tertiary alicyclic amines) is 1. The number of amides is 1. The molecule has 0 spiro atoms. The second-order valence-corrected chi connectivity index (χ2v) is 9.12. The van der Waals surface area contributed by atoms with Crippen LogP contribution in [-0.4, -0.2) is 36.6 Å². The first-order valence-electron chi connectivity index (χ1n) is 10.3. The number of quaternary nitrogens is 1. The summed E-state index contributed by atoms with van der Waals surface area (Å²) in [5, 5.41) is 1.24. The Morgan fingerprint density at radius 1 is 1.21 bits per heavy atom. The van der Waals surface area contributed by atoms with E-state index in [9.17, 15) is 4.79 Å². The molecule has 3 aromatic rings. The second kappa shape index (κ2) is 7.30. The molecule has 3 atom stereocenters. The molecule has 2 aromatic carbocycles. The zero-order valence-corrected chi connectivity index (χ0v) is 17.0. The van der Waals surface area contributed by atoms with Gasteiger partial charge in [-0.2, -0.15) is 0 Å². The maximum absolute atomic E-state index is 13.3. The fourth-order valence-corrected chi connectivity index (χ4v) is 5.84. The molecule has 3 heterocycles. The summed E-state index contributed by atoms with van der Waals surface area (Å²) >= 11 is 1.82. The van der Waals surface area contributed by atoms with Crippen LogP contribution in [0.4, 0.5) is 5.69 Å². The lowest BCUT2D eigenvalue weighted by Gasteiger charge is -2.34. The van der Waals surface area contributed by atoms with Crippen molar-refractivity contribution >= 4 is 33.1 Å². The SMILES string of the molecule is C[C@@H](C(=O)N1CCc2ccccc21)[NH+]1CCC[C@H](c2nc3ccccc3s2)C1. The first-order chi connectivity index (χ1) is 13.7. The minimum atomic E-state index is -0.0108. The van der Waals surface area contributed by atoms with Gasteiger partial charge in [0.15, 0.2) is 6.04 Å². The van der Waals surface area contributed by atoms with Gasteiger partial charge in [0.1, 0.15) is 5.01 Å². The van der Waals surface area contributed by atoms with Crippen molar-refractivity contribution in [2.45, 2.75) is 38.1 Å². The maximum Gasteiger partial charge on any atom is 0.284 e. The van der Waals surface area contributed by atoms with Gasteiger partial charge in [0, 0.05) is 12.2 Å². The number of para-hydroxylation sites is 2. The van der Waals surface area contributed by atoms with Crippen molar-refractivity contribution in [3.8, 4) is 0 Å². The van der Waals surface area contributed by atoms with Gasteiger partial charge in [-0.05, 0) is 49.9 Å². The lowest BCUT2D eigenvalue weighted by Crippen LogP contribution is -3.18. The number of anilines is 1. The minimum Gasteiger partial charge on any atom is -0.324 e. The normalized spacial score (nSPS) is 23.0. The number of fused-ring (bicyclic) bond motifs is 2. The van der Waals surface area contributed by atoms with Crippen LogP contribution in [0.1, 0.15) is 36.3 Å². The van der Waals surface area contributed by atoms with Gasteiger partial charge >= 0.3 is 0 Å². The molecule has 1 amide bonds. The van der Waals surface area contributed by atoms with Gasteiger partial charge in [-0.3, -0.25) is 4.79 Å². The van der Waals surface area contributed by atoms with Crippen LogP contribution in [0.3, 0.4) is 0 Å². The lowest BCUT2D eigenvalue weighted by molar-refractivity contribution is -0.920. The molecule has 0 radical (unpaired) electrons. The van der Waals surface area contributed by atoms with Crippen LogP contribution >= 0.6 is 11.3 Å². The molecular weight excluding hydrogens is 366 g/mol. The summed E-state index contributed by atoms with van der Waals surface area (Å²) in [4.78, 5) is 21.6. The molecular formula is C23H26N3OS+. The van der Waals surface area contributed by atoms with E-state index in [1.54, 1.807) is 0 Å². The van der Waals surface area contributed by atoms with Crippen LogP contribution in [0.2, 0.25) is 0 Å². The predicted octanol–water partition coefficient (Wildman–Crippen LogP) is 3.04. The van der Waals surface area contributed by atoms with Crippen LogP contribution in [0.15, 0.2) is 48.5 Å². The second-order valence-electron chi connectivity index (χ2n) is 8.06. The maximum atomic E-state index is 13.3. The molecule has 2 aliphatic rings. The summed E-state index contributed by atoms with van der Waals surface area (Å²) in [7, 11) is 0. The van der Waals surface area contributed by atoms with E-state index in [2.05, 4.69) is 49.4 Å². The van der Waals surface area contributed by atoms with Crippen molar-refractivity contribution in [3.05, 3.63) is 59.1 Å². The number of rotatable bonds is 3. The smallest absolute Gasteiger partial charge is 0.284 e. The molecule has 2 aliphatic heterocycles. The molecule has 1 unspecified atom stereocenters. The highest BCUT2D eigenvalue weighted by atomic mass is 32.1. The highest BCUT2D eigenvalue weighted by Gasteiger charge is 2.37. The largest absolute Gasteiger partial charge is 0.324 e. The number of carbonyl (C=O) groups excluding carboxylic acids is 1. The van der Waals surface area contributed by atoms with E-state index in [0.717, 1.165) is 43.7 Å². The number of benzene rings is 2. The third kappa shape index (κ3) is 3.12. The molecule has 0 saturated carbocycles. The molecule has 0 bridgehead atoms. The van der Waals surface area contributed by atoms with Crippen molar-refractivity contribution in [2.75, 3.05) is 24.5 Å². The van der Waals surface area contributed by atoms with Gasteiger partial charge in [0.25, 0.3) is 5.91 Å². The van der Waals surface area contributed by atoms with E-state index in [0.29, 0.717) is 5.92 Å². The van der Waals surface area contributed by atoms with E-state index in [-0.39, 0.29) is 11.9 Å². The molecule has 1 fully saturated rings. The Labute approximate surface area is 169 Å². The summed E-state index contributed by atoms with van der Waals surface area (Å²) in [5.41, 5.74) is 3.51. The first-order valence-corrected chi connectivity index (χ1v) is 11.1. The van der Waals surface area contributed by atoms with Gasteiger partial charge in [-0.25, -0.2) is 4.98 Å². The number of nitrogens with one attached hydrogen (secondary N) is 1. The first kappa shape index (κ1) is 17.8. The third-order valence-electron chi connectivity index (χ3n) is 6.35. The molecule has 5 rings (SSSR count). The molecule has 4 nitrogen and oxygen atoms in total. The van der Waals surface area contributed by atoms with E-state index in [1.165, 1.54) is 26.6 Å². The Hall–Kier alpha value is -2.24. The van der Waals surface area contributed by atoms with E-state index < -0.39 is 0 Å². The summed E-state index contributed by atoms with van der Waals surface area (Å²) in [5.74, 6) is 0.729. The molecule has 5 heteroatoms. The van der Waals surface area contributed by atoms with Gasteiger partial charge in [-0.15, -0.1) is 11.3 Å². The van der Waals surface area contributed by atoms with E-state index in [4.69, 9.17) is 4.98 Å². The summed E-state index contributed by atoms with van der Waals surface area (Å²) in [6.45, 7) is 5.00. The number of nitrogens with zero attached hydrogens (tertiary/aromatic N) is 2. The highest BCUT2D eigenvalue weighted by molar-refractivity contribution is 7.18. The van der Waals surface area contributed by atoms with Crippen molar-refractivity contribution < 1.29 is 9.69 Å². The number of hydrogen-bond donors (Lipinski definition) is 1. The Balaban J connectivity index is 1.32. The number of thiazole rings is 1. The Bertz CT molecular complexity index is 981. The van der Waals surface area contributed by atoms with Gasteiger partial charge < -0.3 is 9.80 Å². The average Bonchev–Trinajstić information content (AvgIpc) is 3.37. The van der Waals surface area contributed by atoms with Gasteiger partial charge in [0.05, 0.1) is 29.2 Å². The van der Waals surface area contributed by atoms with Crippen LogP contribution < -0.4 is 9.80 Å². The quantitative estimate of drug-likeness (QED) is 0.744. The standard InChI is InChI=1S/C23H25N3OS/c1-16(23(27)26-14-12-17-7-2-4-10-20(17)26)25-13-6-8-18(15-25)22-24-19-9-3-5-11-21(19)28-22/h2-5,7,9-11,16,18H,6,8,12-15H2,1H3/p+1/t16-,18-/m0/s1. The Morgan fingerprint density at radius 2 is 2.04 bits per heavy atom. The van der Waals surface area contributed by atoms with Crippen LogP contribution in [0, 0.1) is 0 Å². The topological polar surface area (TPSA) is 37.6 Å². The van der Waals surface area contributed by atoms with E-state index in [1.807, 2.05) is 22.3 Å². The van der Waals surface area contributed by atoms with Crippen molar-refractivity contribution in [2.24, 2.45) is 0 Å². The Morgan fingerprint density at radius 3 is 2.93 bits per heavy atom. The molecule has 144 valence electrons. The molecule has 1 saturated heterocycles. The predicted molar refractivity (Wildman–Crippen MR) is 114 cm³/mol. The monoisotopic (exact) mass is 392 g/mol. The lowest BCUT2D eigenvalue weighted by atomic mass is 9.97. The molecule has 28 heavy (non-hydrogen) atoms. The summed E-state index contributed by atoms with van der Waals surface area (Å²) < 4.78 is 1.27. The van der Waals surface area contributed by atoms with E-state index >= 15 is 0 Å². The van der Waals surface area contributed by atoms with Crippen molar-refractivity contribution in [1.82, 2.24) is 4.98 Å². The van der Waals surface area contributed by atoms with Gasteiger partial charge in [0.2, 0.25) is 0 Å². The Kier molecular flexibility index (Phi) is 4.65. The van der Waals surface area contributed by atoms with Gasteiger partial charge in [-0.1, -0.05) is 30.3 Å². The van der Waals surface area contributed by atoms with Crippen LogP contribution in [0.25, 0.3) is 10.2 Å². The van der Waals surface area contributed by atoms with Crippen molar-refractivity contribution in [3.63, 3.8) is 0 Å². The average molecular weight is 393 g/mol.